The van der Waals surface area contributed by atoms with Gasteiger partial charge in [0.1, 0.15) is 11.4 Å². The summed E-state index contributed by atoms with van der Waals surface area (Å²) in [7, 11) is 0. The lowest BCUT2D eigenvalue weighted by atomic mass is 10.0. The van der Waals surface area contributed by atoms with Crippen LogP contribution in [0.1, 0.15) is 11.1 Å². The number of aryl methyl sites for hydroxylation is 1. The van der Waals surface area contributed by atoms with E-state index in [4.69, 9.17) is 0 Å². The fourth-order valence-corrected chi connectivity index (χ4v) is 4.01. The fraction of sp³-hybridized carbons (Fsp3) is 0.174. The Morgan fingerprint density at radius 3 is 2.80 bits per heavy atom. The zero-order valence-corrected chi connectivity index (χ0v) is 18.0. The molecule has 0 fully saturated rings. The van der Waals surface area contributed by atoms with Crippen LogP contribution in [0.15, 0.2) is 69.0 Å². The van der Waals surface area contributed by atoms with Gasteiger partial charge in [-0.3, -0.25) is 9.79 Å². The predicted molar refractivity (Wildman–Crippen MR) is 123 cm³/mol. The van der Waals surface area contributed by atoms with Crippen molar-refractivity contribution in [1.29, 1.82) is 0 Å². The number of aromatic nitrogens is 3. The van der Waals surface area contributed by atoms with Gasteiger partial charge in [0.2, 0.25) is 0 Å². The van der Waals surface area contributed by atoms with Crippen LogP contribution in [0, 0.1) is 12.8 Å². The fourth-order valence-electron chi connectivity index (χ4n) is 3.44. The SMILES string of the molecule is Cc1cc(Br)cc2[nH]c(-c3c(N=CC(CO)Cc4ccccc4)cc[nH]c3=O)nc12. The van der Waals surface area contributed by atoms with Gasteiger partial charge in [0.25, 0.3) is 5.56 Å². The molecule has 0 bridgehead atoms. The second-order valence-electron chi connectivity index (χ2n) is 7.18. The molecule has 0 aliphatic carbocycles. The maximum atomic E-state index is 12.6. The predicted octanol–water partition coefficient (Wildman–Crippen LogP) is 4.54. The van der Waals surface area contributed by atoms with Crippen LogP contribution in [0.2, 0.25) is 0 Å². The van der Waals surface area contributed by atoms with Gasteiger partial charge in [-0.25, -0.2) is 4.98 Å². The number of pyridine rings is 1. The van der Waals surface area contributed by atoms with E-state index in [0.717, 1.165) is 26.6 Å². The molecule has 1 unspecified atom stereocenters. The second-order valence-corrected chi connectivity index (χ2v) is 8.10. The third-order valence-electron chi connectivity index (χ3n) is 4.92. The molecule has 3 N–H and O–H groups in total. The van der Waals surface area contributed by atoms with E-state index in [9.17, 15) is 9.90 Å². The highest BCUT2D eigenvalue weighted by Gasteiger charge is 2.15. The molecule has 2 heterocycles. The number of aliphatic imine (C=N–C) groups is 1. The summed E-state index contributed by atoms with van der Waals surface area (Å²) in [5.41, 5.74) is 4.37. The number of aliphatic hydroxyl groups excluding tert-OH is 1. The number of H-pyrrole nitrogens is 2. The van der Waals surface area contributed by atoms with Crippen molar-refractivity contribution in [2.24, 2.45) is 10.9 Å². The number of hydrogen-bond donors (Lipinski definition) is 3. The molecule has 0 amide bonds. The van der Waals surface area contributed by atoms with Gasteiger partial charge in [-0.15, -0.1) is 0 Å². The van der Waals surface area contributed by atoms with E-state index >= 15 is 0 Å². The molecule has 0 radical (unpaired) electrons. The van der Waals surface area contributed by atoms with Gasteiger partial charge in [0.05, 0.1) is 23.3 Å². The number of fused-ring (bicyclic) bond motifs is 1. The average molecular weight is 465 g/mol. The van der Waals surface area contributed by atoms with E-state index in [1.807, 2.05) is 49.4 Å². The van der Waals surface area contributed by atoms with E-state index in [0.29, 0.717) is 23.5 Å². The Bertz CT molecular complexity index is 1260. The number of imidazole rings is 1. The summed E-state index contributed by atoms with van der Waals surface area (Å²) >= 11 is 3.49. The average Bonchev–Trinajstić information content (AvgIpc) is 3.15. The van der Waals surface area contributed by atoms with Gasteiger partial charge in [-0.05, 0) is 42.7 Å². The number of aliphatic hydroxyl groups is 1. The monoisotopic (exact) mass is 464 g/mol. The van der Waals surface area contributed by atoms with E-state index in [1.165, 1.54) is 0 Å². The van der Waals surface area contributed by atoms with Gasteiger partial charge < -0.3 is 15.1 Å². The van der Waals surface area contributed by atoms with Crippen molar-refractivity contribution in [1.82, 2.24) is 15.0 Å². The van der Waals surface area contributed by atoms with Crippen molar-refractivity contribution in [3.05, 3.63) is 80.7 Å². The van der Waals surface area contributed by atoms with Crippen molar-refractivity contribution < 1.29 is 5.11 Å². The Balaban J connectivity index is 1.71. The maximum Gasteiger partial charge on any atom is 0.261 e. The molecule has 30 heavy (non-hydrogen) atoms. The van der Waals surface area contributed by atoms with E-state index in [2.05, 4.69) is 35.9 Å². The van der Waals surface area contributed by atoms with Gasteiger partial charge in [-0.1, -0.05) is 46.3 Å². The lowest BCUT2D eigenvalue weighted by Crippen LogP contribution is -2.12. The number of halogens is 1. The van der Waals surface area contributed by atoms with Crippen LogP contribution in [-0.4, -0.2) is 32.9 Å². The van der Waals surface area contributed by atoms with Crippen molar-refractivity contribution in [3.8, 4) is 11.4 Å². The van der Waals surface area contributed by atoms with E-state index in [-0.39, 0.29) is 18.1 Å². The number of nitrogens with one attached hydrogen (secondary N) is 2. The number of aromatic amines is 2. The molecule has 1 atom stereocenters. The highest BCUT2D eigenvalue weighted by atomic mass is 79.9. The lowest BCUT2D eigenvalue weighted by Gasteiger charge is -2.09. The minimum Gasteiger partial charge on any atom is -0.396 e. The normalized spacial score (nSPS) is 12.6. The molecule has 4 aromatic rings. The topological polar surface area (TPSA) is 94.1 Å². The smallest absolute Gasteiger partial charge is 0.261 e. The standard InChI is InChI=1S/C23H21BrN4O2/c1-14-9-17(24)11-19-21(14)28-22(27-19)20-18(7-8-25-23(20)30)26-12-16(13-29)10-15-5-3-2-4-6-15/h2-9,11-12,16,29H,10,13H2,1H3,(H,25,30)(H,27,28). The Labute approximate surface area is 181 Å². The van der Waals surface area contributed by atoms with Crippen LogP contribution in [0.5, 0.6) is 0 Å². The lowest BCUT2D eigenvalue weighted by molar-refractivity contribution is 0.263. The van der Waals surface area contributed by atoms with Crippen molar-refractivity contribution in [2.45, 2.75) is 13.3 Å². The van der Waals surface area contributed by atoms with Crippen LogP contribution in [-0.2, 0) is 6.42 Å². The van der Waals surface area contributed by atoms with Crippen LogP contribution < -0.4 is 5.56 Å². The molecule has 2 aromatic heterocycles. The summed E-state index contributed by atoms with van der Waals surface area (Å²) in [4.78, 5) is 27.7. The number of hydrogen-bond acceptors (Lipinski definition) is 4. The summed E-state index contributed by atoms with van der Waals surface area (Å²) in [6, 6.07) is 15.6. The van der Waals surface area contributed by atoms with Crippen LogP contribution in [0.25, 0.3) is 22.4 Å². The molecule has 7 heteroatoms. The van der Waals surface area contributed by atoms with E-state index < -0.39 is 0 Å². The molecule has 152 valence electrons. The Hall–Kier alpha value is -3.03. The zero-order chi connectivity index (χ0) is 21.1. The molecule has 0 spiro atoms. The largest absolute Gasteiger partial charge is 0.396 e. The number of rotatable bonds is 6. The molecule has 0 saturated carbocycles. The number of nitrogens with zero attached hydrogens (tertiary/aromatic N) is 2. The molecule has 6 nitrogen and oxygen atoms in total. The van der Waals surface area contributed by atoms with Gasteiger partial charge in [0.15, 0.2) is 0 Å². The molecule has 0 aliphatic heterocycles. The van der Waals surface area contributed by atoms with Gasteiger partial charge in [-0.2, -0.15) is 0 Å². The highest BCUT2D eigenvalue weighted by Crippen LogP contribution is 2.29. The summed E-state index contributed by atoms with van der Waals surface area (Å²) < 4.78 is 0.939. The summed E-state index contributed by atoms with van der Waals surface area (Å²) in [6.07, 6.45) is 3.93. The Kier molecular flexibility index (Phi) is 5.92. The van der Waals surface area contributed by atoms with Gasteiger partial charge >= 0.3 is 0 Å². The van der Waals surface area contributed by atoms with Crippen molar-refractivity contribution >= 4 is 38.9 Å². The Morgan fingerprint density at radius 2 is 2.03 bits per heavy atom. The Morgan fingerprint density at radius 1 is 1.23 bits per heavy atom. The van der Waals surface area contributed by atoms with Crippen molar-refractivity contribution in [3.63, 3.8) is 0 Å². The molecular formula is C23H21BrN4O2. The van der Waals surface area contributed by atoms with Crippen LogP contribution >= 0.6 is 15.9 Å². The molecule has 0 saturated heterocycles. The minimum absolute atomic E-state index is 0.0330. The van der Waals surface area contributed by atoms with Crippen LogP contribution in [0.4, 0.5) is 5.69 Å². The van der Waals surface area contributed by atoms with Gasteiger partial charge in [0, 0.05) is 22.8 Å². The first-order chi connectivity index (χ1) is 14.5. The molecule has 4 rings (SSSR count). The number of benzene rings is 2. The van der Waals surface area contributed by atoms with Crippen LogP contribution in [0.3, 0.4) is 0 Å². The maximum absolute atomic E-state index is 12.6. The quantitative estimate of drug-likeness (QED) is 0.365. The minimum atomic E-state index is -0.274. The van der Waals surface area contributed by atoms with E-state index in [1.54, 1.807) is 18.5 Å². The van der Waals surface area contributed by atoms with Crippen molar-refractivity contribution in [2.75, 3.05) is 6.61 Å². The summed E-state index contributed by atoms with van der Waals surface area (Å²) in [5.74, 6) is 0.303. The third kappa shape index (κ3) is 4.27. The summed E-state index contributed by atoms with van der Waals surface area (Å²) in [6.45, 7) is 1.94. The zero-order valence-electron chi connectivity index (χ0n) is 16.4. The first kappa shape index (κ1) is 20.3. The first-order valence-electron chi connectivity index (χ1n) is 9.62. The third-order valence-corrected chi connectivity index (χ3v) is 5.38. The molecule has 0 aliphatic rings. The highest BCUT2D eigenvalue weighted by molar-refractivity contribution is 9.10. The molecular weight excluding hydrogens is 444 g/mol. The second kappa shape index (κ2) is 8.77. The molecule has 2 aromatic carbocycles. The summed E-state index contributed by atoms with van der Waals surface area (Å²) in [5, 5.41) is 9.78. The first-order valence-corrected chi connectivity index (χ1v) is 10.4.